The third-order valence-corrected chi connectivity index (χ3v) is 4.34. The van der Waals surface area contributed by atoms with Crippen LogP contribution in [0, 0.1) is 6.92 Å². The Morgan fingerprint density at radius 1 is 0.960 bits per heavy atom. The molecule has 2 aromatic carbocycles. The van der Waals surface area contributed by atoms with Gasteiger partial charge >= 0.3 is 0 Å². The molecule has 0 spiro atoms. The van der Waals surface area contributed by atoms with Gasteiger partial charge < -0.3 is 10.1 Å². The van der Waals surface area contributed by atoms with E-state index in [4.69, 9.17) is 4.74 Å². The molecule has 0 aliphatic heterocycles. The van der Waals surface area contributed by atoms with Crippen molar-refractivity contribution >= 4 is 5.91 Å². The topological polar surface area (TPSA) is 38.3 Å². The van der Waals surface area contributed by atoms with E-state index in [1.807, 2.05) is 38.1 Å². The summed E-state index contributed by atoms with van der Waals surface area (Å²) in [6.07, 6.45) is -0.543. The lowest BCUT2D eigenvalue weighted by molar-refractivity contribution is -0.127. The highest BCUT2D eigenvalue weighted by Crippen LogP contribution is 2.24. The third kappa shape index (κ3) is 5.35. The first-order chi connectivity index (χ1) is 11.7. The quantitative estimate of drug-likeness (QED) is 0.838. The van der Waals surface area contributed by atoms with Crippen LogP contribution < -0.4 is 10.1 Å². The molecule has 2 rings (SSSR count). The number of carbonyl (C=O) groups excluding carboxylic acids is 1. The van der Waals surface area contributed by atoms with Gasteiger partial charge in [-0.05, 0) is 49.4 Å². The molecule has 1 amide bonds. The van der Waals surface area contributed by atoms with Crippen molar-refractivity contribution in [1.29, 1.82) is 0 Å². The van der Waals surface area contributed by atoms with E-state index < -0.39 is 6.10 Å². The van der Waals surface area contributed by atoms with Crippen molar-refractivity contribution in [3.8, 4) is 5.75 Å². The highest BCUT2D eigenvalue weighted by atomic mass is 16.5. The second-order valence-corrected chi connectivity index (χ2v) is 7.68. The maximum Gasteiger partial charge on any atom is 0.261 e. The monoisotopic (exact) mass is 339 g/mol. The van der Waals surface area contributed by atoms with E-state index in [2.05, 4.69) is 50.4 Å². The summed E-state index contributed by atoms with van der Waals surface area (Å²) < 4.78 is 5.72. The van der Waals surface area contributed by atoms with Gasteiger partial charge in [0.05, 0.1) is 6.04 Å². The van der Waals surface area contributed by atoms with Crippen LogP contribution in [0.25, 0.3) is 0 Å². The van der Waals surface area contributed by atoms with Gasteiger partial charge in [0, 0.05) is 0 Å². The fraction of sp³-hybridized carbons (Fsp3) is 0.409. The van der Waals surface area contributed by atoms with Gasteiger partial charge in [-0.1, -0.05) is 62.7 Å². The average Bonchev–Trinajstić information content (AvgIpc) is 2.56. The summed E-state index contributed by atoms with van der Waals surface area (Å²) >= 11 is 0. The normalized spacial score (nSPS) is 13.8. The van der Waals surface area contributed by atoms with Crippen molar-refractivity contribution < 1.29 is 9.53 Å². The molecule has 2 aromatic rings. The number of hydrogen-bond acceptors (Lipinski definition) is 2. The van der Waals surface area contributed by atoms with Crippen molar-refractivity contribution in [1.82, 2.24) is 5.32 Å². The first-order valence-corrected chi connectivity index (χ1v) is 8.81. The highest BCUT2D eigenvalue weighted by molar-refractivity contribution is 5.81. The summed E-state index contributed by atoms with van der Waals surface area (Å²) in [4.78, 5) is 12.4. The van der Waals surface area contributed by atoms with E-state index in [0.29, 0.717) is 5.75 Å². The highest BCUT2D eigenvalue weighted by Gasteiger charge is 2.19. The van der Waals surface area contributed by atoms with Gasteiger partial charge in [0.25, 0.3) is 5.91 Å². The summed E-state index contributed by atoms with van der Waals surface area (Å²) in [6, 6.07) is 16.1. The van der Waals surface area contributed by atoms with Gasteiger partial charge in [0.1, 0.15) is 5.75 Å². The largest absolute Gasteiger partial charge is 0.481 e. The maximum atomic E-state index is 12.4. The van der Waals surface area contributed by atoms with Crippen molar-refractivity contribution in [3.05, 3.63) is 65.2 Å². The summed E-state index contributed by atoms with van der Waals surface area (Å²) in [6.45, 7) is 12.4. The smallest absolute Gasteiger partial charge is 0.261 e. The Bertz CT molecular complexity index is 696. The van der Waals surface area contributed by atoms with E-state index in [1.165, 1.54) is 5.56 Å². The van der Waals surface area contributed by atoms with E-state index >= 15 is 0 Å². The van der Waals surface area contributed by atoms with Crippen LogP contribution >= 0.6 is 0 Å². The zero-order valence-electron chi connectivity index (χ0n) is 16.1. The van der Waals surface area contributed by atoms with Crippen LogP contribution in [0.4, 0.5) is 0 Å². The van der Waals surface area contributed by atoms with Crippen LogP contribution in [-0.4, -0.2) is 12.0 Å². The second-order valence-electron chi connectivity index (χ2n) is 7.68. The lowest BCUT2D eigenvalue weighted by atomic mass is 9.86. The summed E-state index contributed by atoms with van der Waals surface area (Å²) in [5.41, 5.74) is 3.66. The van der Waals surface area contributed by atoms with Gasteiger partial charge in [-0.2, -0.15) is 0 Å². The molecule has 0 bridgehead atoms. The molecule has 0 aliphatic rings. The van der Waals surface area contributed by atoms with Gasteiger partial charge in [-0.15, -0.1) is 0 Å². The van der Waals surface area contributed by atoms with Crippen LogP contribution in [0.5, 0.6) is 5.75 Å². The Morgan fingerprint density at radius 2 is 1.52 bits per heavy atom. The minimum absolute atomic E-state index is 0.0643. The van der Waals surface area contributed by atoms with Crippen LogP contribution in [0.2, 0.25) is 0 Å². The number of carbonyl (C=O) groups is 1. The molecule has 3 heteroatoms. The Morgan fingerprint density at radius 3 is 2.04 bits per heavy atom. The van der Waals surface area contributed by atoms with Crippen LogP contribution in [0.1, 0.15) is 57.4 Å². The molecule has 0 saturated carbocycles. The number of aryl methyl sites for hydroxylation is 1. The molecule has 0 aliphatic carbocycles. The first-order valence-electron chi connectivity index (χ1n) is 8.81. The fourth-order valence-corrected chi connectivity index (χ4v) is 2.56. The Labute approximate surface area is 151 Å². The maximum absolute atomic E-state index is 12.4. The molecule has 2 atom stereocenters. The molecule has 134 valence electrons. The Balaban J connectivity index is 1.95. The van der Waals surface area contributed by atoms with Gasteiger partial charge in [0.15, 0.2) is 6.10 Å². The first kappa shape index (κ1) is 19.0. The van der Waals surface area contributed by atoms with Crippen LogP contribution in [0.3, 0.4) is 0 Å². The zero-order valence-corrected chi connectivity index (χ0v) is 16.1. The Kier molecular flexibility index (Phi) is 5.89. The molecule has 25 heavy (non-hydrogen) atoms. The van der Waals surface area contributed by atoms with Crippen LogP contribution in [-0.2, 0) is 10.2 Å². The van der Waals surface area contributed by atoms with Gasteiger partial charge in [-0.3, -0.25) is 4.79 Å². The number of rotatable bonds is 5. The van der Waals surface area contributed by atoms with Crippen molar-refractivity contribution in [2.24, 2.45) is 0 Å². The van der Waals surface area contributed by atoms with Gasteiger partial charge in [0.2, 0.25) is 0 Å². The number of nitrogens with one attached hydrogen (secondary N) is 1. The lowest BCUT2D eigenvalue weighted by Crippen LogP contribution is -2.37. The number of ether oxygens (including phenoxy) is 1. The standard InChI is InChI=1S/C22H29NO2/c1-15-7-13-20(14-8-15)25-17(3)21(24)23-16(2)18-9-11-19(12-10-18)22(4,5)6/h7-14,16-17H,1-6H3,(H,23,24)/t16-,17-/m0/s1. The molecule has 0 saturated heterocycles. The molecule has 0 heterocycles. The molecule has 0 radical (unpaired) electrons. The van der Waals surface area contributed by atoms with Gasteiger partial charge in [-0.25, -0.2) is 0 Å². The molecule has 3 nitrogen and oxygen atoms in total. The molecular formula is C22H29NO2. The van der Waals surface area contributed by atoms with Crippen LogP contribution in [0.15, 0.2) is 48.5 Å². The van der Waals surface area contributed by atoms with Crippen molar-refractivity contribution in [2.75, 3.05) is 0 Å². The van der Waals surface area contributed by atoms with E-state index in [-0.39, 0.29) is 17.4 Å². The molecule has 0 aromatic heterocycles. The zero-order chi connectivity index (χ0) is 18.6. The summed E-state index contributed by atoms with van der Waals surface area (Å²) in [5, 5.41) is 3.02. The minimum Gasteiger partial charge on any atom is -0.481 e. The fourth-order valence-electron chi connectivity index (χ4n) is 2.56. The molecule has 0 fully saturated rings. The number of hydrogen-bond donors (Lipinski definition) is 1. The summed E-state index contributed by atoms with van der Waals surface area (Å²) in [7, 11) is 0. The summed E-state index contributed by atoms with van der Waals surface area (Å²) in [5.74, 6) is 0.586. The second kappa shape index (κ2) is 7.73. The van der Waals surface area contributed by atoms with E-state index in [1.54, 1.807) is 6.92 Å². The van der Waals surface area contributed by atoms with Crippen molar-refractivity contribution in [2.45, 2.75) is 59.1 Å². The number of benzene rings is 2. The Hall–Kier alpha value is -2.29. The number of amides is 1. The SMILES string of the molecule is Cc1ccc(O[C@@H](C)C(=O)N[C@@H](C)c2ccc(C(C)(C)C)cc2)cc1. The molecule has 0 unspecified atom stereocenters. The minimum atomic E-state index is -0.543. The predicted molar refractivity (Wildman–Crippen MR) is 103 cm³/mol. The average molecular weight is 339 g/mol. The van der Waals surface area contributed by atoms with E-state index in [9.17, 15) is 4.79 Å². The molecule has 1 N–H and O–H groups in total. The lowest BCUT2D eigenvalue weighted by Gasteiger charge is -2.22. The van der Waals surface area contributed by atoms with E-state index in [0.717, 1.165) is 11.1 Å². The third-order valence-electron chi connectivity index (χ3n) is 4.34. The molecular weight excluding hydrogens is 310 g/mol. The van der Waals surface area contributed by atoms with Crippen molar-refractivity contribution in [3.63, 3.8) is 0 Å². The predicted octanol–water partition coefficient (Wildman–Crippen LogP) is 4.94.